The van der Waals surface area contributed by atoms with E-state index in [1.165, 1.54) is 23.2 Å². The lowest BCUT2D eigenvalue weighted by Gasteiger charge is -2.37. The van der Waals surface area contributed by atoms with Gasteiger partial charge in [-0.25, -0.2) is 4.79 Å². The van der Waals surface area contributed by atoms with Crippen LogP contribution >= 0.6 is 0 Å². The molecule has 0 N–H and O–H groups in total. The lowest BCUT2D eigenvalue weighted by atomic mass is 9.87. The summed E-state index contributed by atoms with van der Waals surface area (Å²) < 4.78 is 5.64. The van der Waals surface area contributed by atoms with E-state index in [0.29, 0.717) is 5.92 Å². The molecule has 3 heterocycles. The molecule has 2 aliphatic rings. The fraction of sp³-hybridized carbons (Fsp3) is 0.500. The van der Waals surface area contributed by atoms with E-state index in [-0.39, 0.29) is 5.63 Å². The highest BCUT2D eigenvalue weighted by Gasteiger charge is 2.27. The van der Waals surface area contributed by atoms with Gasteiger partial charge in [-0.3, -0.25) is 0 Å². The summed E-state index contributed by atoms with van der Waals surface area (Å²) in [5.74, 6) is 0.338. The molecule has 21 heavy (non-hydrogen) atoms. The predicted octanol–water partition coefficient (Wildman–Crippen LogP) is 3.62. The zero-order valence-electron chi connectivity index (χ0n) is 12.7. The Labute approximate surface area is 124 Å². The summed E-state index contributed by atoms with van der Waals surface area (Å²) >= 11 is 0. The second kappa shape index (κ2) is 4.62. The van der Waals surface area contributed by atoms with Crippen LogP contribution in [0.5, 0.6) is 0 Å². The lowest BCUT2D eigenvalue weighted by Crippen LogP contribution is -2.34. The van der Waals surface area contributed by atoms with Gasteiger partial charge in [0.25, 0.3) is 0 Å². The number of fused-ring (bicyclic) bond motifs is 2. The molecule has 0 saturated heterocycles. The van der Waals surface area contributed by atoms with Crippen molar-refractivity contribution in [2.75, 3.05) is 18.0 Å². The molecule has 4 rings (SSSR count). The monoisotopic (exact) mass is 283 g/mol. The van der Waals surface area contributed by atoms with Gasteiger partial charge in [-0.2, -0.15) is 0 Å². The van der Waals surface area contributed by atoms with E-state index in [1.807, 2.05) is 0 Å². The highest BCUT2D eigenvalue weighted by Crippen LogP contribution is 2.41. The summed E-state index contributed by atoms with van der Waals surface area (Å²) in [6, 6.07) is 3.96. The third kappa shape index (κ3) is 1.90. The molecule has 0 saturated carbocycles. The molecule has 1 aromatic heterocycles. The summed E-state index contributed by atoms with van der Waals surface area (Å²) in [5, 5.41) is 1.15. The number of aryl methyl sites for hydroxylation is 2. The Bertz CT molecular complexity index is 771. The van der Waals surface area contributed by atoms with Crippen LogP contribution in [-0.4, -0.2) is 13.1 Å². The van der Waals surface area contributed by atoms with Crippen LogP contribution in [0.25, 0.3) is 11.0 Å². The number of rotatable bonds is 1. The van der Waals surface area contributed by atoms with Gasteiger partial charge < -0.3 is 9.32 Å². The maximum Gasteiger partial charge on any atom is 0.336 e. The molecule has 0 spiro atoms. The van der Waals surface area contributed by atoms with Crippen LogP contribution in [-0.2, 0) is 12.8 Å². The fourth-order valence-electron chi connectivity index (χ4n) is 3.97. The molecule has 2 aromatic rings. The van der Waals surface area contributed by atoms with E-state index in [4.69, 9.17) is 4.42 Å². The van der Waals surface area contributed by atoms with Crippen molar-refractivity contribution in [2.24, 2.45) is 0 Å². The number of anilines is 1. The van der Waals surface area contributed by atoms with Crippen LogP contribution in [0.1, 0.15) is 49.3 Å². The first kappa shape index (κ1) is 12.9. The topological polar surface area (TPSA) is 33.5 Å². The Morgan fingerprint density at radius 2 is 1.90 bits per heavy atom. The van der Waals surface area contributed by atoms with Gasteiger partial charge in [-0.1, -0.05) is 13.8 Å². The van der Waals surface area contributed by atoms with Gasteiger partial charge in [0.1, 0.15) is 5.58 Å². The highest BCUT2D eigenvalue weighted by molar-refractivity contribution is 5.90. The first-order valence-electron chi connectivity index (χ1n) is 8.02. The van der Waals surface area contributed by atoms with E-state index in [1.54, 1.807) is 6.07 Å². The fourth-order valence-corrected chi connectivity index (χ4v) is 3.97. The van der Waals surface area contributed by atoms with E-state index in [9.17, 15) is 4.79 Å². The summed E-state index contributed by atoms with van der Waals surface area (Å²) in [6.07, 6.45) is 4.55. The molecule has 0 amide bonds. The van der Waals surface area contributed by atoms with Crippen LogP contribution in [0.2, 0.25) is 0 Å². The standard InChI is InChI=1S/C18H21NO2/c1-11(2)14-10-16(20)21-18-13-6-4-8-19-7-3-5-12(17(13)19)9-15(14)18/h9-11H,3-8H2,1-2H3. The summed E-state index contributed by atoms with van der Waals surface area (Å²) in [7, 11) is 0. The molecule has 3 nitrogen and oxygen atoms in total. The van der Waals surface area contributed by atoms with Crippen molar-refractivity contribution in [1.29, 1.82) is 0 Å². The number of nitrogens with zero attached hydrogens (tertiary/aromatic N) is 1. The average molecular weight is 283 g/mol. The zero-order valence-corrected chi connectivity index (χ0v) is 12.7. The predicted molar refractivity (Wildman–Crippen MR) is 85.4 cm³/mol. The minimum absolute atomic E-state index is 0.213. The average Bonchev–Trinajstić information content (AvgIpc) is 2.48. The number of benzene rings is 1. The Morgan fingerprint density at radius 3 is 2.67 bits per heavy atom. The molecule has 0 atom stereocenters. The van der Waals surface area contributed by atoms with E-state index >= 15 is 0 Å². The van der Waals surface area contributed by atoms with Gasteiger partial charge in [0.2, 0.25) is 0 Å². The smallest absolute Gasteiger partial charge is 0.336 e. The van der Waals surface area contributed by atoms with Crippen LogP contribution in [0, 0.1) is 0 Å². The summed E-state index contributed by atoms with van der Waals surface area (Å²) in [6.45, 7) is 6.57. The number of hydrogen-bond donors (Lipinski definition) is 0. The minimum Gasteiger partial charge on any atom is -0.422 e. The van der Waals surface area contributed by atoms with Crippen LogP contribution < -0.4 is 10.5 Å². The van der Waals surface area contributed by atoms with E-state index < -0.39 is 0 Å². The maximum absolute atomic E-state index is 12.0. The van der Waals surface area contributed by atoms with Crippen molar-refractivity contribution in [3.63, 3.8) is 0 Å². The molecule has 0 radical (unpaired) electrons. The molecule has 2 aliphatic heterocycles. The molecular formula is C18H21NO2. The van der Waals surface area contributed by atoms with Gasteiger partial charge in [0.15, 0.2) is 0 Å². The molecule has 3 heteroatoms. The largest absolute Gasteiger partial charge is 0.422 e. The van der Waals surface area contributed by atoms with Crippen LogP contribution in [0.4, 0.5) is 5.69 Å². The molecule has 0 unspecified atom stereocenters. The van der Waals surface area contributed by atoms with Gasteiger partial charge in [0, 0.05) is 35.8 Å². The normalized spacial score (nSPS) is 17.4. The number of hydrogen-bond acceptors (Lipinski definition) is 3. The molecular weight excluding hydrogens is 262 g/mol. The van der Waals surface area contributed by atoms with E-state index in [2.05, 4.69) is 24.8 Å². The van der Waals surface area contributed by atoms with Gasteiger partial charge >= 0.3 is 5.63 Å². The van der Waals surface area contributed by atoms with Crippen molar-refractivity contribution in [3.8, 4) is 0 Å². The third-order valence-electron chi connectivity index (χ3n) is 4.88. The Hall–Kier alpha value is -1.77. The van der Waals surface area contributed by atoms with Gasteiger partial charge in [-0.05, 0) is 48.8 Å². The highest BCUT2D eigenvalue weighted by atomic mass is 16.4. The van der Waals surface area contributed by atoms with E-state index in [0.717, 1.165) is 48.9 Å². The second-order valence-electron chi connectivity index (χ2n) is 6.61. The van der Waals surface area contributed by atoms with Crippen molar-refractivity contribution >= 4 is 16.7 Å². The Balaban J connectivity index is 2.12. The van der Waals surface area contributed by atoms with Crippen molar-refractivity contribution in [2.45, 2.75) is 45.4 Å². The van der Waals surface area contributed by atoms with Gasteiger partial charge in [-0.15, -0.1) is 0 Å². The minimum atomic E-state index is -0.213. The molecule has 1 aromatic carbocycles. The lowest BCUT2D eigenvalue weighted by molar-refractivity contribution is 0.546. The van der Waals surface area contributed by atoms with Crippen molar-refractivity contribution in [1.82, 2.24) is 0 Å². The molecule has 0 aliphatic carbocycles. The summed E-state index contributed by atoms with van der Waals surface area (Å²) in [4.78, 5) is 14.4. The maximum atomic E-state index is 12.0. The summed E-state index contributed by atoms with van der Waals surface area (Å²) in [5.41, 5.74) is 5.84. The third-order valence-corrected chi connectivity index (χ3v) is 4.88. The van der Waals surface area contributed by atoms with Crippen molar-refractivity contribution in [3.05, 3.63) is 39.2 Å². The van der Waals surface area contributed by atoms with Crippen molar-refractivity contribution < 1.29 is 4.42 Å². The van der Waals surface area contributed by atoms with Gasteiger partial charge in [0.05, 0.1) is 0 Å². The quantitative estimate of drug-likeness (QED) is 0.750. The Morgan fingerprint density at radius 1 is 1.14 bits per heavy atom. The van der Waals surface area contributed by atoms with Crippen LogP contribution in [0.15, 0.2) is 21.3 Å². The first-order chi connectivity index (χ1) is 10.1. The molecule has 0 bridgehead atoms. The van der Waals surface area contributed by atoms with Crippen LogP contribution in [0.3, 0.4) is 0 Å². The SMILES string of the molecule is CC(C)c1cc(=O)oc2c3c4c(cc12)CCCN4CCC3. The Kier molecular flexibility index (Phi) is 2.84. The molecule has 0 fully saturated rings. The second-order valence-corrected chi connectivity index (χ2v) is 6.61. The first-order valence-corrected chi connectivity index (χ1v) is 8.02. The zero-order chi connectivity index (χ0) is 14.6. The molecule has 110 valence electrons.